The summed E-state index contributed by atoms with van der Waals surface area (Å²) in [5.74, 6) is 0.655. The van der Waals surface area contributed by atoms with Gasteiger partial charge in [0.05, 0.1) is 5.01 Å². The molecule has 0 bridgehead atoms. The van der Waals surface area contributed by atoms with Gasteiger partial charge in [-0.2, -0.15) is 0 Å². The number of hydrogen-bond acceptors (Lipinski definition) is 4. The van der Waals surface area contributed by atoms with Crippen molar-refractivity contribution < 1.29 is 4.74 Å². The van der Waals surface area contributed by atoms with Gasteiger partial charge in [-0.1, -0.05) is 48.6 Å². The molecule has 0 radical (unpaired) electrons. The largest absolute Gasteiger partial charge is 0.473 e. The van der Waals surface area contributed by atoms with Crippen LogP contribution >= 0.6 is 11.3 Å². The van der Waals surface area contributed by atoms with Crippen LogP contribution in [-0.4, -0.2) is 9.97 Å². The van der Waals surface area contributed by atoms with Crippen LogP contribution in [0.2, 0.25) is 0 Å². The lowest BCUT2D eigenvalue weighted by atomic mass is 10.2. The molecule has 2 heterocycles. The first-order valence-electron chi connectivity index (χ1n) is 6.28. The summed E-state index contributed by atoms with van der Waals surface area (Å²) in [5, 5.41) is 1.11. The lowest BCUT2D eigenvalue weighted by Crippen LogP contribution is -1.96. The molecule has 0 saturated heterocycles. The number of hydrogen-bond donors (Lipinski definition) is 0. The SMILES string of the molecule is CCc1nc2ccc(OCc3ccccc3)nc2s1. The Labute approximate surface area is 115 Å². The first-order chi connectivity index (χ1) is 9.35. The number of aryl methyl sites for hydroxylation is 1. The summed E-state index contributed by atoms with van der Waals surface area (Å²) in [6.45, 7) is 2.64. The number of ether oxygens (including phenoxy) is 1. The van der Waals surface area contributed by atoms with Gasteiger partial charge in [0.15, 0.2) is 0 Å². The second-order valence-corrected chi connectivity index (χ2v) is 5.27. The van der Waals surface area contributed by atoms with Crippen molar-refractivity contribution in [2.45, 2.75) is 20.0 Å². The highest BCUT2D eigenvalue weighted by molar-refractivity contribution is 7.18. The third-order valence-corrected chi connectivity index (χ3v) is 3.92. The van der Waals surface area contributed by atoms with Crippen molar-refractivity contribution in [1.82, 2.24) is 9.97 Å². The summed E-state index contributed by atoms with van der Waals surface area (Å²) in [6.07, 6.45) is 0.946. The Kier molecular flexibility index (Phi) is 3.42. The lowest BCUT2D eigenvalue weighted by Gasteiger charge is -2.04. The highest BCUT2D eigenvalue weighted by Crippen LogP contribution is 2.23. The molecule has 0 amide bonds. The highest BCUT2D eigenvalue weighted by Gasteiger charge is 2.05. The van der Waals surface area contributed by atoms with E-state index in [1.807, 2.05) is 42.5 Å². The lowest BCUT2D eigenvalue weighted by molar-refractivity contribution is 0.295. The van der Waals surface area contributed by atoms with Crippen molar-refractivity contribution in [3.63, 3.8) is 0 Å². The molecule has 0 aliphatic rings. The van der Waals surface area contributed by atoms with Gasteiger partial charge in [-0.3, -0.25) is 0 Å². The van der Waals surface area contributed by atoms with E-state index in [0.717, 1.165) is 27.3 Å². The van der Waals surface area contributed by atoms with Gasteiger partial charge in [-0.15, -0.1) is 0 Å². The fourth-order valence-electron chi connectivity index (χ4n) is 1.81. The maximum Gasteiger partial charge on any atom is 0.215 e. The Morgan fingerprint density at radius 1 is 1.05 bits per heavy atom. The minimum Gasteiger partial charge on any atom is -0.473 e. The zero-order valence-corrected chi connectivity index (χ0v) is 11.5. The van der Waals surface area contributed by atoms with Gasteiger partial charge < -0.3 is 4.74 Å². The molecule has 96 valence electrons. The molecular formula is C15H14N2OS. The van der Waals surface area contributed by atoms with Crippen LogP contribution in [0.4, 0.5) is 0 Å². The van der Waals surface area contributed by atoms with Crippen LogP contribution in [0.5, 0.6) is 5.88 Å². The molecule has 3 aromatic rings. The van der Waals surface area contributed by atoms with E-state index in [-0.39, 0.29) is 0 Å². The standard InChI is InChI=1S/C15H14N2OS/c1-2-14-16-12-8-9-13(17-15(12)19-14)18-10-11-6-4-3-5-7-11/h3-9H,2,10H2,1H3. The molecule has 4 heteroatoms. The van der Waals surface area contributed by atoms with E-state index in [1.165, 1.54) is 0 Å². The number of aromatic nitrogens is 2. The quantitative estimate of drug-likeness (QED) is 0.722. The summed E-state index contributed by atoms with van der Waals surface area (Å²) < 4.78 is 5.71. The van der Waals surface area contributed by atoms with E-state index in [4.69, 9.17) is 4.74 Å². The van der Waals surface area contributed by atoms with Gasteiger partial charge in [-0.05, 0) is 18.1 Å². The van der Waals surface area contributed by atoms with Crippen LogP contribution in [0.3, 0.4) is 0 Å². The molecule has 3 rings (SSSR count). The number of benzene rings is 1. The highest BCUT2D eigenvalue weighted by atomic mass is 32.1. The van der Waals surface area contributed by atoms with E-state index < -0.39 is 0 Å². The molecule has 0 spiro atoms. The van der Waals surface area contributed by atoms with Crippen LogP contribution in [0.25, 0.3) is 10.3 Å². The first kappa shape index (κ1) is 12.1. The van der Waals surface area contributed by atoms with Crippen molar-refractivity contribution in [2.24, 2.45) is 0 Å². The summed E-state index contributed by atoms with van der Waals surface area (Å²) in [6, 6.07) is 13.9. The van der Waals surface area contributed by atoms with E-state index in [0.29, 0.717) is 12.5 Å². The number of rotatable bonds is 4. The molecule has 0 aliphatic heterocycles. The van der Waals surface area contributed by atoms with Crippen LogP contribution in [0, 0.1) is 0 Å². The van der Waals surface area contributed by atoms with Crippen LogP contribution < -0.4 is 4.74 Å². The number of pyridine rings is 1. The third-order valence-electron chi connectivity index (χ3n) is 2.81. The molecule has 19 heavy (non-hydrogen) atoms. The van der Waals surface area contributed by atoms with Gasteiger partial charge in [0.25, 0.3) is 0 Å². The average Bonchev–Trinajstić information content (AvgIpc) is 2.88. The van der Waals surface area contributed by atoms with Crippen molar-refractivity contribution in [1.29, 1.82) is 0 Å². The predicted octanol–water partition coefficient (Wildman–Crippen LogP) is 3.83. The van der Waals surface area contributed by atoms with Crippen LogP contribution in [-0.2, 0) is 13.0 Å². The molecule has 0 aliphatic carbocycles. The van der Waals surface area contributed by atoms with E-state index in [1.54, 1.807) is 11.3 Å². The van der Waals surface area contributed by atoms with Crippen molar-refractivity contribution in [2.75, 3.05) is 0 Å². The fraction of sp³-hybridized carbons (Fsp3) is 0.200. The van der Waals surface area contributed by atoms with Gasteiger partial charge in [0, 0.05) is 6.07 Å². The van der Waals surface area contributed by atoms with Gasteiger partial charge in [-0.25, -0.2) is 9.97 Å². The van der Waals surface area contributed by atoms with E-state index >= 15 is 0 Å². The summed E-state index contributed by atoms with van der Waals surface area (Å²) in [7, 11) is 0. The summed E-state index contributed by atoms with van der Waals surface area (Å²) >= 11 is 1.63. The number of fused-ring (bicyclic) bond motifs is 1. The van der Waals surface area contributed by atoms with Crippen molar-refractivity contribution >= 4 is 21.7 Å². The minimum absolute atomic E-state index is 0.540. The predicted molar refractivity (Wildman–Crippen MR) is 77.6 cm³/mol. The molecule has 0 unspecified atom stereocenters. The van der Waals surface area contributed by atoms with Crippen molar-refractivity contribution in [3.05, 3.63) is 53.0 Å². The molecule has 0 fully saturated rings. The molecule has 0 saturated carbocycles. The maximum atomic E-state index is 5.71. The minimum atomic E-state index is 0.540. The smallest absolute Gasteiger partial charge is 0.215 e. The zero-order chi connectivity index (χ0) is 13.1. The third kappa shape index (κ3) is 2.74. The molecule has 0 atom stereocenters. The molecule has 2 aromatic heterocycles. The monoisotopic (exact) mass is 270 g/mol. The van der Waals surface area contributed by atoms with Gasteiger partial charge in [0.2, 0.25) is 5.88 Å². The Bertz CT molecular complexity index is 679. The Morgan fingerprint density at radius 3 is 2.68 bits per heavy atom. The summed E-state index contributed by atoms with van der Waals surface area (Å²) in [4.78, 5) is 9.93. The normalized spacial score (nSPS) is 10.8. The number of nitrogens with zero attached hydrogens (tertiary/aromatic N) is 2. The Balaban J connectivity index is 1.78. The fourth-order valence-corrected chi connectivity index (χ4v) is 2.67. The Hall–Kier alpha value is -1.94. The molecule has 1 aromatic carbocycles. The van der Waals surface area contributed by atoms with Gasteiger partial charge in [0.1, 0.15) is 17.0 Å². The van der Waals surface area contributed by atoms with E-state index in [9.17, 15) is 0 Å². The average molecular weight is 270 g/mol. The topological polar surface area (TPSA) is 35.0 Å². The van der Waals surface area contributed by atoms with Crippen LogP contribution in [0.1, 0.15) is 17.5 Å². The second-order valence-electron chi connectivity index (χ2n) is 4.21. The van der Waals surface area contributed by atoms with Gasteiger partial charge >= 0.3 is 0 Å². The van der Waals surface area contributed by atoms with Crippen LogP contribution in [0.15, 0.2) is 42.5 Å². The molecule has 0 N–H and O–H groups in total. The summed E-state index contributed by atoms with van der Waals surface area (Å²) in [5.41, 5.74) is 2.09. The molecule has 3 nitrogen and oxygen atoms in total. The van der Waals surface area contributed by atoms with Crippen molar-refractivity contribution in [3.8, 4) is 5.88 Å². The zero-order valence-electron chi connectivity index (χ0n) is 10.7. The Morgan fingerprint density at radius 2 is 1.89 bits per heavy atom. The first-order valence-corrected chi connectivity index (χ1v) is 7.10. The number of thiazole rings is 1. The second kappa shape index (κ2) is 5.36. The maximum absolute atomic E-state index is 5.71. The van der Waals surface area contributed by atoms with E-state index in [2.05, 4.69) is 16.9 Å². The molecular weight excluding hydrogens is 256 g/mol.